The number of nitrogens with one attached hydrogen (secondary N) is 1. The third-order valence-electron chi connectivity index (χ3n) is 5.71. The van der Waals surface area contributed by atoms with Crippen molar-refractivity contribution >= 4 is 0 Å². The van der Waals surface area contributed by atoms with Crippen molar-refractivity contribution in [3.05, 3.63) is 0 Å². The van der Waals surface area contributed by atoms with Gasteiger partial charge in [0.2, 0.25) is 0 Å². The van der Waals surface area contributed by atoms with Gasteiger partial charge in [0.15, 0.2) is 0 Å². The van der Waals surface area contributed by atoms with Gasteiger partial charge in [-0.2, -0.15) is 0 Å². The zero-order valence-corrected chi connectivity index (χ0v) is 14.6. The topological polar surface area (TPSA) is 35.5 Å². The van der Waals surface area contributed by atoms with Crippen molar-refractivity contribution in [3.63, 3.8) is 0 Å². The molecule has 0 unspecified atom stereocenters. The van der Waals surface area contributed by atoms with Crippen LogP contribution in [0.15, 0.2) is 0 Å². The lowest BCUT2D eigenvalue weighted by atomic mass is 9.70. The van der Waals surface area contributed by atoms with Gasteiger partial charge in [-0.25, -0.2) is 0 Å². The minimum Gasteiger partial charge on any atom is -0.390 e. The lowest BCUT2D eigenvalue weighted by molar-refractivity contribution is -0.0217. The number of likely N-dealkylation sites (tertiary alicyclic amines) is 1. The highest BCUT2D eigenvalue weighted by Crippen LogP contribution is 2.40. The normalized spacial score (nSPS) is 34.3. The van der Waals surface area contributed by atoms with Crippen LogP contribution in [0.4, 0.5) is 0 Å². The highest BCUT2D eigenvalue weighted by molar-refractivity contribution is 4.92. The molecule has 0 atom stereocenters. The van der Waals surface area contributed by atoms with E-state index in [1.54, 1.807) is 0 Å². The van der Waals surface area contributed by atoms with E-state index < -0.39 is 5.60 Å². The Morgan fingerprint density at radius 1 is 1.14 bits per heavy atom. The summed E-state index contributed by atoms with van der Waals surface area (Å²) in [6, 6.07) is 0.573. The minimum absolute atomic E-state index is 0.430. The second kappa shape index (κ2) is 6.97. The maximum absolute atomic E-state index is 10.1. The van der Waals surface area contributed by atoms with Gasteiger partial charge in [0.05, 0.1) is 5.60 Å². The Balaban J connectivity index is 1.93. The monoisotopic (exact) mass is 296 g/mol. The molecule has 0 spiro atoms. The van der Waals surface area contributed by atoms with E-state index >= 15 is 0 Å². The van der Waals surface area contributed by atoms with Crippen molar-refractivity contribution in [2.24, 2.45) is 11.3 Å². The Kier molecular flexibility index (Phi) is 5.72. The molecule has 0 aromatic carbocycles. The fourth-order valence-electron chi connectivity index (χ4n) is 3.85. The third-order valence-corrected chi connectivity index (χ3v) is 5.71. The molecule has 3 nitrogen and oxygen atoms in total. The van der Waals surface area contributed by atoms with E-state index in [1.807, 2.05) is 6.92 Å². The van der Waals surface area contributed by atoms with Gasteiger partial charge in [0.1, 0.15) is 0 Å². The van der Waals surface area contributed by atoms with Crippen molar-refractivity contribution in [2.75, 3.05) is 26.2 Å². The van der Waals surface area contributed by atoms with Crippen LogP contribution in [0, 0.1) is 11.3 Å². The summed E-state index contributed by atoms with van der Waals surface area (Å²) in [5.41, 5.74) is 0.0287. The fourth-order valence-corrected chi connectivity index (χ4v) is 3.85. The van der Waals surface area contributed by atoms with Crippen molar-refractivity contribution in [3.8, 4) is 0 Å². The molecule has 1 aliphatic carbocycles. The summed E-state index contributed by atoms with van der Waals surface area (Å²) in [6.07, 6.45) is 7.34. The second-order valence-electron chi connectivity index (χ2n) is 8.49. The van der Waals surface area contributed by atoms with Crippen molar-refractivity contribution in [1.82, 2.24) is 10.2 Å². The van der Waals surface area contributed by atoms with Gasteiger partial charge in [-0.05, 0) is 43.9 Å². The zero-order valence-electron chi connectivity index (χ0n) is 14.6. The summed E-state index contributed by atoms with van der Waals surface area (Å²) in [6.45, 7) is 13.4. The maximum atomic E-state index is 10.1. The Morgan fingerprint density at radius 2 is 1.71 bits per heavy atom. The average Bonchev–Trinajstić information content (AvgIpc) is 2.42. The van der Waals surface area contributed by atoms with Gasteiger partial charge >= 0.3 is 0 Å². The molecule has 0 radical (unpaired) electrons. The smallest absolute Gasteiger partial charge is 0.0644 e. The molecule has 2 fully saturated rings. The molecule has 2 N–H and O–H groups in total. The van der Waals surface area contributed by atoms with Gasteiger partial charge in [0, 0.05) is 32.2 Å². The number of piperidine rings is 1. The molecule has 2 rings (SSSR count). The van der Waals surface area contributed by atoms with Crippen LogP contribution >= 0.6 is 0 Å². The van der Waals surface area contributed by atoms with Crippen LogP contribution < -0.4 is 5.32 Å². The summed E-state index contributed by atoms with van der Waals surface area (Å²) in [5.74, 6) is 0.902. The van der Waals surface area contributed by atoms with E-state index in [9.17, 15) is 5.11 Å². The molecular formula is C18H36N2O. The lowest BCUT2D eigenvalue weighted by Crippen LogP contribution is -2.51. The minimum atomic E-state index is -0.430. The number of nitrogens with zero attached hydrogens (tertiary/aromatic N) is 1. The number of hydrogen-bond acceptors (Lipinski definition) is 3. The average molecular weight is 296 g/mol. The summed E-state index contributed by atoms with van der Waals surface area (Å²) in [5, 5.41) is 13.8. The van der Waals surface area contributed by atoms with E-state index in [-0.39, 0.29) is 0 Å². The fraction of sp³-hybridized carbons (Fsp3) is 1.00. The molecule has 1 aliphatic heterocycles. The molecule has 124 valence electrons. The highest BCUT2D eigenvalue weighted by Gasteiger charge is 2.37. The molecule has 0 amide bonds. The number of hydrogen-bond donors (Lipinski definition) is 2. The summed E-state index contributed by atoms with van der Waals surface area (Å²) in [7, 11) is 0. The number of rotatable bonds is 5. The zero-order chi connectivity index (χ0) is 15.5. The first kappa shape index (κ1) is 17.2. The first-order valence-electron chi connectivity index (χ1n) is 8.98. The Labute approximate surface area is 131 Å². The quantitative estimate of drug-likeness (QED) is 0.818. The SMILES string of the molecule is CC1CCC(CNC(C)C)(CN2CCC(C)(O)CC2)CC1. The lowest BCUT2D eigenvalue weighted by Gasteiger charge is -2.46. The van der Waals surface area contributed by atoms with Crippen molar-refractivity contribution in [2.45, 2.75) is 77.9 Å². The van der Waals surface area contributed by atoms with E-state index in [0.717, 1.165) is 38.4 Å². The Hall–Kier alpha value is -0.120. The summed E-state index contributed by atoms with van der Waals surface area (Å²) < 4.78 is 0. The van der Waals surface area contributed by atoms with Crippen LogP contribution in [0.3, 0.4) is 0 Å². The largest absolute Gasteiger partial charge is 0.390 e. The Morgan fingerprint density at radius 3 is 2.24 bits per heavy atom. The van der Waals surface area contributed by atoms with Crippen LogP contribution in [0.2, 0.25) is 0 Å². The van der Waals surface area contributed by atoms with Crippen LogP contribution in [0.5, 0.6) is 0 Å². The molecule has 2 aliphatic rings. The first-order valence-corrected chi connectivity index (χ1v) is 8.98. The van der Waals surface area contributed by atoms with Crippen LogP contribution in [0.25, 0.3) is 0 Å². The van der Waals surface area contributed by atoms with Crippen LogP contribution in [-0.2, 0) is 0 Å². The van der Waals surface area contributed by atoms with Crippen molar-refractivity contribution in [1.29, 1.82) is 0 Å². The van der Waals surface area contributed by atoms with Gasteiger partial charge in [-0.15, -0.1) is 0 Å². The van der Waals surface area contributed by atoms with Gasteiger partial charge in [0.25, 0.3) is 0 Å². The second-order valence-corrected chi connectivity index (χ2v) is 8.49. The van der Waals surface area contributed by atoms with E-state index in [0.29, 0.717) is 11.5 Å². The highest BCUT2D eigenvalue weighted by atomic mass is 16.3. The standard InChI is InChI=1S/C18H36N2O/c1-15(2)19-13-18(7-5-16(3)6-8-18)14-20-11-9-17(4,21)10-12-20/h15-16,19,21H,5-14H2,1-4H3. The van der Waals surface area contributed by atoms with Gasteiger partial charge in [-0.1, -0.05) is 33.6 Å². The molecule has 3 heteroatoms. The summed E-state index contributed by atoms with van der Waals surface area (Å²) >= 11 is 0. The predicted octanol–water partition coefficient (Wildman–Crippen LogP) is 3.03. The molecule has 0 aromatic rings. The molecule has 21 heavy (non-hydrogen) atoms. The van der Waals surface area contributed by atoms with Crippen molar-refractivity contribution < 1.29 is 5.11 Å². The van der Waals surface area contributed by atoms with E-state index in [4.69, 9.17) is 0 Å². The van der Waals surface area contributed by atoms with Crippen LogP contribution in [0.1, 0.15) is 66.2 Å². The third kappa shape index (κ3) is 5.22. The van der Waals surface area contributed by atoms with E-state index in [1.165, 1.54) is 32.2 Å². The molecule has 1 heterocycles. The summed E-state index contributed by atoms with van der Waals surface area (Å²) in [4.78, 5) is 2.61. The first-order chi connectivity index (χ1) is 9.80. The molecule has 1 saturated carbocycles. The molecule has 1 saturated heterocycles. The maximum Gasteiger partial charge on any atom is 0.0644 e. The van der Waals surface area contributed by atoms with Gasteiger partial charge in [-0.3, -0.25) is 0 Å². The Bertz CT molecular complexity index is 309. The molecular weight excluding hydrogens is 260 g/mol. The predicted molar refractivity (Wildman–Crippen MR) is 89.5 cm³/mol. The molecule has 0 aromatic heterocycles. The van der Waals surface area contributed by atoms with Crippen LogP contribution in [-0.4, -0.2) is 47.8 Å². The molecule has 0 bridgehead atoms. The number of aliphatic hydroxyl groups is 1. The van der Waals surface area contributed by atoms with E-state index in [2.05, 4.69) is 31.0 Å². The van der Waals surface area contributed by atoms with Gasteiger partial charge < -0.3 is 15.3 Å².